The number of para-hydroxylation sites is 2. The molecular formula is C19H13N3OS. The first-order valence-electron chi connectivity index (χ1n) is 7.48. The fourth-order valence-electron chi connectivity index (χ4n) is 2.53. The lowest BCUT2D eigenvalue weighted by Crippen LogP contribution is -2.18. The van der Waals surface area contributed by atoms with Crippen LogP contribution >= 0.6 is 11.8 Å². The molecule has 4 nitrogen and oxygen atoms in total. The van der Waals surface area contributed by atoms with Crippen molar-refractivity contribution in [1.82, 2.24) is 10.3 Å². The Morgan fingerprint density at radius 1 is 1.00 bits per heavy atom. The van der Waals surface area contributed by atoms with Gasteiger partial charge in [-0.15, -0.1) is 0 Å². The van der Waals surface area contributed by atoms with Gasteiger partial charge in [-0.25, -0.2) is 4.99 Å². The van der Waals surface area contributed by atoms with E-state index in [9.17, 15) is 4.79 Å². The number of benzene rings is 2. The molecule has 0 atom stereocenters. The minimum Gasteiger partial charge on any atom is -0.300 e. The summed E-state index contributed by atoms with van der Waals surface area (Å²) < 4.78 is 0. The third-order valence-electron chi connectivity index (χ3n) is 3.60. The zero-order valence-electron chi connectivity index (χ0n) is 12.6. The predicted octanol–water partition coefficient (Wildman–Crippen LogP) is 4.76. The minimum atomic E-state index is -0.121. The van der Waals surface area contributed by atoms with Crippen LogP contribution in [-0.2, 0) is 0 Å². The number of hydrogen-bond acceptors (Lipinski definition) is 4. The zero-order valence-corrected chi connectivity index (χ0v) is 13.5. The molecule has 4 rings (SSSR count). The highest BCUT2D eigenvalue weighted by molar-refractivity contribution is 8.18. The van der Waals surface area contributed by atoms with Gasteiger partial charge in [0.2, 0.25) is 0 Å². The maximum absolute atomic E-state index is 11.8. The van der Waals surface area contributed by atoms with Gasteiger partial charge < -0.3 is 5.32 Å². The topological polar surface area (TPSA) is 54.4 Å². The van der Waals surface area contributed by atoms with Crippen LogP contribution < -0.4 is 5.32 Å². The Bertz CT molecular complexity index is 975. The van der Waals surface area contributed by atoms with E-state index in [1.165, 1.54) is 0 Å². The highest BCUT2D eigenvalue weighted by Gasteiger charge is 2.23. The first-order valence-corrected chi connectivity index (χ1v) is 8.30. The molecule has 1 N–H and O–H groups in total. The number of hydrogen-bond donors (Lipinski definition) is 1. The molecule has 1 aliphatic heterocycles. The third-order valence-corrected chi connectivity index (χ3v) is 4.42. The highest BCUT2D eigenvalue weighted by atomic mass is 32.2. The van der Waals surface area contributed by atoms with Crippen molar-refractivity contribution in [2.75, 3.05) is 0 Å². The maximum atomic E-state index is 11.8. The van der Waals surface area contributed by atoms with Gasteiger partial charge >= 0.3 is 0 Å². The number of nitrogens with zero attached hydrogens (tertiary/aromatic N) is 2. The van der Waals surface area contributed by atoms with Crippen LogP contribution in [0, 0.1) is 0 Å². The number of amidine groups is 1. The molecule has 1 saturated heterocycles. The number of amides is 1. The number of carbonyl (C=O) groups is 1. The van der Waals surface area contributed by atoms with Crippen molar-refractivity contribution in [2.45, 2.75) is 0 Å². The van der Waals surface area contributed by atoms with Gasteiger partial charge in [-0.2, -0.15) is 0 Å². The van der Waals surface area contributed by atoms with Crippen molar-refractivity contribution in [3.05, 3.63) is 77.3 Å². The Kier molecular flexibility index (Phi) is 3.84. The summed E-state index contributed by atoms with van der Waals surface area (Å²) >= 11 is 1.15. The molecular weight excluding hydrogens is 318 g/mol. The van der Waals surface area contributed by atoms with E-state index < -0.39 is 0 Å². The quantitative estimate of drug-likeness (QED) is 0.736. The number of thioether (sulfide) groups is 1. The lowest BCUT2D eigenvalue weighted by atomic mass is 10.1. The summed E-state index contributed by atoms with van der Waals surface area (Å²) in [7, 11) is 0. The molecule has 2 heterocycles. The standard InChI is InChI=1S/C19H13N3OS/c23-19-22-18(21-15-9-2-1-3-10-15)16(24-19)12-14-7-4-6-13-8-5-11-20-17(13)14/h1-12H,(H,21,22,23)/b16-12-. The van der Waals surface area contributed by atoms with Crippen LogP contribution in [0.15, 0.2) is 76.8 Å². The fourth-order valence-corrected chi connectivity index (χ4v) is 3.26. The van der Waals surface area contributed by atoms with Crippen molar-refractivity contribution >= 4 is 45.5 Å². The number of pyridine rings is 1. The summed E-state index contributed by atoms with van der Waals surface area (Å²) in [5.41, 5.74) is 2.68. The van der Waals surface area contributed by atoms with Gasteiger partial charge in [0.25, 0.3) is 5.24 Å². The fraction of sp³-hybridized carbons (Fsp3) is 0. The van der Waals surface area contributed by atoms with Crippen molar-refractivity contribution < 1.29 is 4.79 Å². The second-order valence-electron chi connectivity index (χ2n) is 5.24. The van der Waals surface area contributed by atoms with Gasteiger partial charge in [-0.3, -0.25) is 9.78 Å². The Morgan fingerprint density at radius 3 is 2.71 bits per heavy atom. The molecule has 2 aromatic carbocycles. The monoisotopic (exact) mass is 331 g/mol. The van der Waals surface area contributed by atoms with E-state index in [0.717, 1.165) is 38.8 Å². The van der Waals surface area contributed by atoms with E-state index >= 15 is 0 Å². The lowest BCUT2D eigenvalue weighted by Gasteiger charge is -2.03. The highest BCUT2D eigenvalue weighted by Crippen LogP contribution is 2.30. The largest absolute Gasteiger partial charge is 0.300 e. The number of rotatable bonds is 2. The van der Waals surface area contributed by atoms with E-state index in [1.54, 1.807) is 6.20 Å². The van der Waals surface area contributed by atoms with Crippen molar-refractivity contribution in [2.24, 2.45) is 4.99 Å². The minimum absolute atomic E-state index is 0.121. The molecule has 1 fully saturated rings. The van der Waals surface area contributed by atoms with E-state index in [2.05, 4.69) is 15.3 Å². The summed E-state index contributed by atoms with van der Waals surface area (Å²) in [4.78, 5) is 21.6. The normalized spacial score (nSPS) is 17.6. The van der Waals surface area contributed by atoms with Gasteiger partial charge in [0.05, 0.1) is 16.1 Å². The average molecular weight is 331 g/mol. The number of carbonyl (C=O) groups excluding carboxylic acids is 1. The number of aromatic nitrogens is 1. The molecule has 5 heteroatoms. The summed E-state index contributed by atoms with van der Waals surface area (Å²) in [5.74, 6) is 0.573. The average Bonchev–Trinajstić information content (AvgIpc) is 2.95. The SMILES string of the molecule is O=C1NC(=Nc2ccccc2)/C(=C/c2cccc3cccnc23)S1. The number of aliphatic imine (C=N–C) groups is 1. The second kappa shape index (κ2) is 6.29. The maximum Gasteiger partial charge on any atom is 0.289 e. The molecule has 1 aromatic heterocycles. The first kappa shape index (κ1) is 14.7. The van der Waals surface area contributed by atoms with Gasteiger partial charge in [0, 0.05) is 17.1 Å². The van der Waals surface area contributed by atoms with Crippen LogP contribution in [0.5, 0.6) is 0 Å². The van der Waals surface area contributed by atoms with Gasteiger partial charge in [-0.05, 0) is 36.0 Å². The lowest BCUT2D eigenvalue weighted by molar-refractivity contribution is 0.265. The summed E-state index contributed by atoms with van der Waals surface area (Å²) in [6.07, 6.45) is 3.73. The molecule has 116 valence electrons. The van der Waals surface area contributed by atoms with Crippen molar-refractivity contribution in [3.8, 4) is 0 Å². The molecule has 0 spiro atoms. The Hall–Kier alpha value is -2.92. The van der Waals surface area contributed by atoms with E-state index in [0.29, 0.717) is 5.84 Å². The van der Waals surface area contributed by atoms with Crippen LogP contribution in [0.3, 0.4) is 0 Å². The third kappa shape index (κ3) is 2.94. The molecule has 0 radical (unpaired) electrons. The first-order chi connectivity index (χ1) is 11.8. The Labute approximate surface area is 143 Å². The zero-order chi connectivity index (χ0) is 16.4. The molecule has 24 heavy (non-hydrogen) atoms. The summed E-state index contributed by atoms with van der Waals surface area (Å²) in [6.45, 7) is 0. The molecule has 0 unspecified atom stereocenters. The molecule has 0 aliphatic carbocycles. The predicted molar refractivity (Wildman–Crippen MR) is 99.4 cm³/mol. The van der Waals surface area contributed by atoms with Crippen LogP contribution in [0.25, 0.3) is 17.0 Å². The molecule has 0 bridgehead atoms. The molecule has 0 saturated carbocycles. The van der Waals surface area contributed by atoms with Crippen LogP contribution in [0.2, 0.25) is 0 Å². The molecule has 3 aromatic rings. The molecule has 1 aliphatic rings. The number of fused-ring (bicyclic) bond motifs is 1. The Morgan fingerprint density at radius 2 is 1.83 bits per heavy atom. The molecule has 1 amide bonds. The van der Waals surface area contributed by atoms with Crippen molar-refractivity contribution in [3.63, 3.8) is 0 Å². The van der Waals surface area contributed by atoms with E-state index in [-0.39, 0.29) is 5.24 Å². The van der Waals surface area contributed by atoms with Crippen LogP contribution in [0.4, 0.5) is 10.5 Å². The van der Waals surface area contributed by atoms with Gasteiger partial charge in [0.1, 0.15) is 5.84 Å². The van der Waals surface area contributed by atoms with Gasteiger partial charge in [-0.1, -0.05) is 42.5 Å². The summed E-state index contributed by atoms with van der Waals surface area (Å²) in [6, 6.07) is 19.5. The van der Waals surface area contributed by atoms with Gasteiger partial charge in [0.15, 0.2) is 0 Å². The Balaban J connectivity index is 1.79. The second-order valence-corrected chi connectivity index (χ2v) is 6.26. The number of nitrogens with one attached hydrogen (secondary N) is 1. The van der Waals surface area contributed by atoms with Crippen LogP contribution in [-0.4, -0.2) is 16.1 Å². The van der Waals surface area contributed by atoms with E-state index in [1.807, 2.05) is 66.7 Å². The smallest absolute Gasteiger partial charge is 0.289 e. The van der Waals surface area contributed by atoms with Crippen LogP contribution in [0.1, 0.15) is 5.56 Å². The van der Waals surface area contributed by atoms with E-state index in [4.69, 9.17) is 0 Å². The van der Waals surface area contributed by atoms with Crippen molar-refractivity contribution in [1.29, 1.82) is 0 Å². The summed E-state index contributed by atoms with van der Waals surface area (Å²) in [5, 5.41) is 3.75.